The van der Waals surface area contributed by atoms with Gasteiger partial charge in [-0.15, -0.1) is 4.47 Å². The van der Waals surface area contributed by atoms with Gasteiger partial charge >= 0.3 is 0 Å². The van der Waals surface area contributed by atoms with Gasteiger partial charge in [-0.3, -0.25) is 5.21 Å². The lowest BCUT2D eigenvalue weighted by Crippen LogP contribution is -3.00. The fourth-order valence-electron chi connectivity index (χ4n) is 1.95. The van der Waals surface area contributed by atoms with Crippen molar-refractivity contribution in [3.8, 4) is 0 Å². The number of nitrogens with zero attached hydrogens (tertiary/aromatic N) is 3. The summed E-state index contributed by atoms with van der Waals surface area (Å²) in [5, 5.41) is 10.1. The van der Waals surface area contributed by atoms with E-state index in [1.165, 1.54) is 18.2 Å². The third-order valence-corrected chi connectivity index (χ3v) is 4.98. The quantitative estimate of drug-likeness (QED) is 0.350. The largest absolute Gasteiger partial charge is 1.00 e. The zero-order chi connectivity index (χ0) is 16.3. The summed E-state index contributed by atoms with van der Waals surface area (Å²) in [6.45, 7) is 0.538. The number of rotatable bonds is 6. The second kappa shape index (κ2) is 7.87. The predicted molar refractivity (Wildman–Crippen MR) is 84.1 cm³/mol. The molecule has 23 heavy (non-hydrogen) atoms. The smallest absolute Gasteiger partial charge is 0.257 e. The summed E-state index contributed by atoms with van der Waals surface area (Å²) in [6.07, 6.45) is 5.94. The van der Waals surface area contributed by atoms with Crippen LogP contribution in [0.25, 0.3) is 0 Å². The van der Waals surface area contributed by atoms with Crippen LogP contribution in [-0.2, 0) is 23.6 Å². The maximum atomic E-state index is 12.1. The van der Waals surface area contributed by atoms with E-state index in [2.05, 4.69) is 0 Å². The van der Waals surface area contributed by atoms with Gasteiger partial charge in [-0.1, -0.05) is 11.6 Å². The van der Waals surface area contributed by atoms with E-state index in [4.69, 9.17) is 17.3 Å². The van der Waals surface area contributed by atoms with Gasteiger partial charge < -0.3 is 18.1 Å². The zero-order valence-electron chi connectivity index (χ0n) is 12.4. The molecule has 3 N–H and O–H groups in total. The van der Waals surface area contributed by atoms with Gasteiger partial charge in [-0.2, -0.15) is 0 Å². The Labute approximate surface area is 146 Å². The van der Waals surface area contributed by atoms with Crippen molar-refractivity contribution < 1.29 is 30.6 Å². The summed E-state index contributed by atoms with van der Waals surface area (Å²) in [6, 6.07) is 4.14. The first-order chi connectivity index (χ1) is 10.3. The van der Waals surface area contributed by atoms with Gasteiger partial charge in [0.05, 0.1) is 35.7 Å². The number of halogens is 2. The van der Waals surface area contributed by atoms with Gasteiger partial charge in [0.25, 0.3) is 10.0 Å². The molecular formula is C13H18Cl2N4O3S. The summed E-state index contributed by atoms with van der Waals surface area (Å²) < 4.78 is 28.2. The molecule has 0 atom stereocenters. The number of aryl methyl sites for hydroxylation is 2. The van der Waals surface area contributed by atoms with E-state index in [0.29, 0.717) is 18.7 Å². The molecule has 0 fully saturated rings. The second-order valence-corrected chi connectivity index (χ2v) is 7.26. The standard InChI is InChI=1S/C13H18ClN4O3S.ClH/c1-16-6-7-17(10-16)5-2-8-22(20,21)18(19)11-3-4-13(15)12(14)9-11;/h3-4,6-7,9-10,19H,2,5,8,15H2,1H3;1H/q+1;/p-1. The Hall–Kier alpha value is -1.48. The lowest BCUT2D eigenvalue weighted by atomic mass is 10.3. The van der Waals surface area contributed by atoms with Crippen LogP contribution in [0.3, 0.4) is 0 Å². The van der Waals surface area contributed by atoms with Crippen molar-refractivity contribution in [3.05, 3.63) is 41.9 Å². The fraction of sp³-hybridized carbons (Fsp3) is 0.308. The number of nitrogen functional groups attached to an aromatic ring is 1. The highest BCUT2D eigenvalue weighted by atomic mass is 35.5. The molecule has 128 valence electrons. The van der Waals surface area contributed by atoms with Crippen LogP contribution in [0.5, 0.6) is 0 Å². The Balaban J connectivity index is 0.00000264. The van der Waals surface area contributed by atoms with Crippen LogP contribution >= 0.6 is 11.6 Å². The topological polar surface area (TPSA) is 92.4 Å². The predicted octanol–water partition coefficient (Wildman–Crippen LogP) is -1.83. The molecule has 0 aliphatic heterocycles. The third kappa shape index (κ3) is 5.00. The molecule has 0 amide bonds. The maximum absolute atomic E-state index is 12.1. The molecule has 0 spiro atoms. The molecule has 0 aliphatic carbocycles. The molecule has 7 nitrogen and oxygen atoms in total. The highest BCUT2D eigenvalue weighted by molar-refractivity contribution is 7.92. The van der Waals surface area contributed by atoms with Crippen LogP contribution in [0.15, 0.2) is 36.9 Å². The van der Waals surface area contributed by atoms with Crippen molar-refractivity contribution in [1.29, 1.82) is 0 Å². The SMILES string of the molecule is C[n+]1ccn(CCCS(=O)(=O)N(O)c2ccc(N)c(Cl)c2)c1.[Cl-]. The van der Waals surface area contributed by atoms with E-state index < -0.39 is 10.0 Å². The highest BCUT2D eigenvalue weighted by Crippen LogP contribution is 2.26. The minimum Gasteiger partial charge on any atom is -1.00 e. The molecular weight excluding hydrogens is 363 g/mol. The van der Waals surface area contributed by atoms with Crippen molar-refractivity contribution in [2.45, 2.75) is 13.0 Å². The van der Waals surface area contributed by atoms with Crippen LogP contribution in [0.2, 0.25) is 5.02 Å². The number of anilines is 2. The monoisotopic (exact) mass is 380 g/mol. The average molecular weight is 381 g/mol. The van der Waals surface area contributed by atoms with Crippen molar-refractivity contribution in [3.63, 3.8) is 0 Å². The summed E-state index contributed by atoms with van der Waals surface area (Å²) in [5.41, 5.74) is 5.94. The van der Waals surface area contributed by atoms with Gasteiger partial charge in [0.15, 0.2) is 0 Å². The van der Waals surface area contributed by atoms with Gasteiger partial charge in [0.2, 0.25) is 6.33 Å². The zero-order valence-corrected chi connectivity index (χ0v) is 14.8. The van der Waals surface area contributed by atoms with E-state index in [9.17, 15) is 13.6 Å². The fourth-order valence-corrected chi connectivity index (χ4v) is 3.22. The van der Waals surface area contributed by atoms with Crippen LogP contribution in [0.4, 0.5) is 11.4 Å². The molecule has 0 saturated carbocycles. The van der Waals surface area contributed by atoms with Crippen molar-refractivity contribution in [1.82, 2.24) is 4.57 Å². The first-order valence-corrected chi connectivity index (χ1v) is 8.56. The van der Waals surface area contributed by atoms with Gasteiger partial charge in [-0.05, 0) is 18.2 Å². The number of nitrogens with two attached hydrogens (primary N) is 1. The summed E-state index contributed by atoms with van der Waals surface area (Å²) in [5.74, 6) is -0.187. The van der Waals surface area contributed by atoms with E-state index in [1.807, 2.05) is 34.9 Å². The van der Waals surface area contributed by atoms with E-state index in [-0.39, 0.29) is 33.3 Å². The van der Waals surface area contributed by atoms with Crippen molar-refractivity contribution >= 4 is 33.0 Å². The van der Waals surface area contributed by atoms with Crippen LogP contribution in [-0.4, -0.2) is 23.9 Å². The lowest BCUT2D eigenvalue weighted by Gasteiger charge is -2.17. The molecule has 2 rings (SSSR count). The molecule has 1 aromatic heterocycles. The lowest BCUT2D eigenvalue weighted by molar-refractivity contribution is -0.671. The molecule has 2 aromatic rings. The second-order valence-electron chi connectivity index (χ2n) is 4.94. The minimum absolute atomic E-state index is 0. The van der Waals surface area contributed by atoms with Gasteiger partial charge in [-0.25, -0.2) is 17.6 Å². The van der Waals surface area contributed by atoms with Gasteiger partial charge in [0.1, 0.15) is 12.4 Å². The molecule has 0 aliphatic rings. The van der Waals surface area contributed by atoms with E-state index >= 15 is 0 Å². The Bertz CT molecular complexity index is 764. The molecule has 0 radical (unpaired) electrons. The van der Waals surface area contributed by atoms with Crippen LogP contribution in [0, 0.1) is 0 Å². The normalized spacial score (nSPS) is 11.1. The summed E-state index contributed by atoms with van der Waals surface area (Å²) in [4.78, 5) is 0. The number of aromatic nitrogens is 2. The Morgan fingerprint density at radius 3 is 2.70 bits per heavy atom. The van der Waals surface area contributed by atoms with E-state index in [0.717, 1.165) is 0 Å². The van der Waals surface area contributed by atoms with Crippen molar-refractivity contribution in [2.24, 2.45) is 7.05 Å². The van der Waals surface area contributed by atoms with Crippen LogP contribution < -0.4 is 27.2 Å². The number of hydrogen-bond acceptors (Lipinski definition) is 4. The Kier molecular flexibility index (Phi) is 6.69. The average Bonchev–Trinajstić information content (AvgIpc) is 2.86. The summed E-state index contributed by atoms with van der Waals surface area (Å²) >= 11 is 5.83. The minimum atomic E-state index is -3.84. The van der Waals surface area contributed by atoms with Crippen LogP contribution in [0.1, 0.15) is 6.42 Å². The first-order valence-electron chi connectivity index (χ1n) is 6.57. The molecule has 1 aromatic carbocycles. The van der Waals surface area contributed by atoms with Gasteiger partial charge in [0, 0.05) is 6.42 Å². The molecule has 0 bridgehead atoms. The number of benzene rings is 1. The molecule has 10 heteroatoms. The first kappa shape index (κ1) is 19.6. The molecule has 0 unspecified atom stereocenters. The van der Waals surface area contributed by atoms with Crippen molar-refractivity contribution in [2.75, 3.05) is 16.0 Å². The number of imidazole rings is 1. The number of hydrogen-bond donors (Lipinski definition) is 2. The Morgan fingerprint density at radius 1 is 1.43 bits per heavy atom. The molecule has 1 heterocycles. The highest BCUT2D eigenvalue weighted by Gasteiger charge is 2.21. The summed E-state index contributed by atoms with van der Waals surface area (Å²) in [7, 11) is -1.95. The Morgan fingerprint density at radius 2 is 2.13 bits per heavy atom. The molecule has 0 saturated heterocycles. The maximum Gasteiger partial charge on any atom is 0.257 e. The van der Waals surface area contributed by atoms with E-state index in [1.54, 1.807) is 0 Å². The third-order valence-electron chi connectivity index (χ3n) is 3.11. The number of sulfonamides is 1.